The fourth-order valence-corrected chi connectivity index (χ4v) is 3.11. The summed E-state index contributed by atoms with van der Waals surface area (Å²) in [7, 11) is 0. The van der Waals surface area contributed by atoms with E-state index in [1.165, 1.54) is 0 Å². The molecule has 17 heavy (non-hydrogen) atoms. The molecule has 0 amide bonds. The van der Waals surface area contributed by atoms with Crippen LogP contribution in [0.4, 0.5) is 0 Å². The first-order valence-electron chi connectivity index (χ1n) is 5.05. The zero-order valence-electron chi connectivity index (χ0n) is 8.73. The van der Waals surface area contributed by atoms with Gasteiger partial charge in [-0.05, 0) is 34.1 Å². The second-order valence-electron chi connectivity index (χ2n) is 3.75. The second-order valence-corrected chi connectivity index (χ2v) is 5.52. The highest BCUT2D eigenvalue weighted by Crippen LogP contribution is 2.31. The van der Waals surface area contributed by atoms with Crippen molar-refractivity contribution in [1.82, 2.24) is 9.55 Å². The third-order valence-electron chi connectivity index (χ3n) is 2.48. The predicted octanol–water partition coefficient (Wildman–Crippen LogP) is 4.20. The van der Waals surface area contributed by atoms with Crippen molar-refractivity contribution in [2.75, 3.05) is 0 Å². The number of benzene rings is 1. The van der Waals surface area contributed by atoms with E-state index < -0.39 is 0 Å². The molecule has 0 spiro atoms. The van der Waals surface area contributed by atoms with E-state index in [1.807, 2.05) is 29.0 Å². The van der Waals surface area contributed by atoms with Crippen molar-refractivity contribution in [3.63, 3.8) is 0 Å². The van der Waals surface area contributed by atoms with Crippen LogP contribution in [0.1, 0.15) is 5.76 Å². The largest absolute Gasteiger partial charge is 0.458 e. The maximum absolute atomic E-state index is 5.81. The Morgan fingerprint density at radius 2 is 2.12 bits per heavy atom. The summed E-state index contributed by atoms with van der Waals surface area (Å²) >= 11 is 6.96. The van der Waals surface area contributed by atoms with Gasteiger partial charge in [-0.1, -0.05) is 15.9 Å². The van der Waals surface area contributed by atoms with Gasteiger partial charge >= 0.3 is 0 Å². The van der Waals surface area contributed by atoms with Crippen LogP contribution in [0.2, 0.25) is 0 Å². The summed E-state index contributed by atoms with van der Waals surface area (Å²) in [4.78, 5) is 4.01. The minimum atomic E-state index is 0.693. The molecular weight excluding hydrogens is 348 g/mol. The Morgan fingerprint density at radius 1 is 1.24 bits per heavy atom. The van der Waals surface area contributed by atoms with Crippen LogP contribution in [0.25, 0.3) is 11.0 Å². The minimum Gasteiger partial charge on any atom is -0.458 e. The molecule has 0 N–H and O–H groups in total. The monoisotopic (exact) mass is 354 g/mol. The normalized spacial score (nSPS) is 11.2. The molecule has 3 rings (SSSR count). The summed E-state index contributed by atoms with van der Waals surface area (Å²) in [6.45, 7) is 0.693. The van der Waals surface area contributed by atoms with Crippen LogP contribution < -0.4 is 0 Å². The molecule has 2 aromatic heterocycles. The molecule has 0 saturated heterocycles. The van der Waals surface area contributed by atoms with E-state index in [-0.39, 0.29) is 0 Å². The minimum absolute atomic E-state index is 0.693. The molecule has 0 aliphatic carbocycles. The van der Waals surface area contributed by atoms with Gasteiger partial charge in [0, 0.05) is 22.3 Å². The van der Waals surface area contributed by atoms with E-state index >= 15 is 0 Å². The van der Waals surface area contributed by atoms with Gasteiger partial charge in [0.25, 0.3) is 0 Å². The fourth-order valence-electron chi connectivity index (χ4n) is 1.77. The van der Waals surface area contributed by atoms with Crippen molar-refractivity contribution < 1.29 is 4.42 Å². The van der Waals surface area contributed by atoms with Crippen molar-refractivity contribution >= 4 is 42.8 Å². The lowest BCUT2D eigenvalue weighted by Crippen LogP contribution is -1.93. The van der Waals surface area contributed by atoms with Crippen LogP contribution in [-0.4, -0.2) is 9.55 Å². The molecule has 3 aromatic rings. The summed E-state index contributed by atoms with van der Waals surface area (Å²) in [6.07, 6.45) is 5.45. The Hall–Kier alpha value is -1.07. The number of nitrogens with zero attached hydrogens (tertiary/aromatic N) is 2. The van der Waals surface area contributed by atoms with Gasteiger partial charge in [0.05, 0.1) is 17.3 Å². The van der Waals surface area contributed by atoms with Crippen molar-refractivity contribution in [3.8, 4) is 0 Å². The molecule has 0 aliphatic rings. The molecule has 2 heterocycles. The molecular formula is C12H8Br2N2O. The zero-order valence-corrected chi connectivity index (χ0v) is 11.9. The van der Waals surface area contributed by atoms with Crippen LogP contribution in [0, 0.1) is 0 Å². The lowest BCUT2D eigenvalue weighted by Gasteiger charge is -1.96. The van der Waals surface area contributed by atoms with E-state index in [9.17, 15) is 0 Å². The second kappa shape index (κ2) is 4.31. The molecule has 0 bridgehead atoms. The van der Waals surface area contributed by atoms with Gasteiger partial charge in [-0.2, -0.15) is 0 Å². The lowest BCUT2D eigenvalue weighted by atomic mass is 10.2. The molecule has 0 atom stereocenters. The number of hydrogen-bond acceptors (Lipinski definition) is 2. The maximum atomic E-state index is 5.81. The third kappa shape index (κ3) is 2.17. The number of hydrogen-bond donors (Lipinski definition) is 0. The highest BCUT2D eigenvalue weighted by Gasteiger charge is 2.08. The fraction of sp³-hybridized carbons (Fsp3) is 0.0833. The van der Waals surface area contributed by atoms with Gasteiger partial charge in [-0.3, -0.25) is 0 Å². The average Bonchev–Trinajstić information content (AvgIpc) is 2.87. The molecule has 3 nitrogen and oxygen atoms in total. The Morgan fingerprint density at radius 3 is 2.88 bits per heavy atom. The van der Waals surface area contributed by atoms with Crippen LogP contribution in [0.3, 0.4) is 0 Å². The Labute approximate surface area is 115 Å². The van der Waals surface area contributed by atoms with Gasteiger partial charge in [-0.25, -0.2) is 4.98 Å². The predicted molar refractivity (Wildman–Crippen MR) is 72.9 cm³/mol. The molecule has 0 fully saturated rings. The summed E-state index contributed by atoms with van der Waals surface area (Å²) in [5.74, 6) is 0.914. The molecule has 0 aliphatic heterocycles. The Bertz CT molecular complexity index is 659. The van der Waals surface area contributed by atoms with Gasteiger partial charge in [0.15, 0.2) is 0 Å². The summed E-state index contributed by atoms with van der Waals surface area (Å²) in [5, 5.41) is 1.08. The smallest absolute Gasteiger partial charge is 0.148 e. The number of halogens is 2. The topological polar surface area (TPSA) is 31.0 Å². The summed E-state index contributed by atoms with van der Waals surface area (Å²) in [6, 6.07) is 6.07. The van der Waals surface area contributed by atoms with Crippen LogP contribution in [0.5, 0.6) is 0 Å². The number of fused-ring (bicyclic) bond motifs is 1. The van der Waals surface area contributed by atoms with Crippen molar-refractivity contribution in [2.24, 2.45) is 0 Å². The quantitative estimate of drug-likeness (QED) is 0.689. The summed E-state index contributed by atoms with van der Waals surface area (Å²) < 4.78 is 9.77. The number of aromatic nitrogens is 2. The molecule has 86 valence electrons. The first kappa shape index (κ1) is 11.0. The molecule has 0 radical (unpaired) electrons. The van der Waals surface area contributed by atoms with E-state index in [0.717, 1.165) is 25.7 Å². The van der Waals surface area contributed by atoms with Crippen molar-refractivity contribution in [2.45, 2.75) is 6.54 Å². The standard InChI is InChI=1S/C12H8Br2N2O/c13-9-3-8-4-10(6-16-2-1-15-7-16)17-12(8)11(14)5-9/h1-5,7H,6H2. The van der Waals surface area contributed by atoms with Gasteiger partial charge in [-0.15, -0.1) is 0 Å². The first-order chi connectivity index (χ1) is 8.22. The Balaban J connectivity index is 2.05. The highest BCUT2D eigenvalue weighted by molar-refractivity contribution is 9.11. The van der Waals surface area contributed by atoms with Crippen LogP contribution in [-0.2, 0) is 6.54 Å². The number of rotatable bonds is 2. The van der Waals surface area contributed by atoms with E-state index in [2.05, 4.69) is 36.8 Å². The van der Waals surface area contributed by atoms with Gasteiger partial charge in [0.2, 0.25) is 0 Å². The van der Waals surface area contributed by atoms with Crippen molar-refractivity contribution in [1.29, 1.82) is 0 Å². The van der Waals surface area contributed by atoms with Crippen molar-refractivity contribution in [3.05, 3.63) is 51.6 Å². The lowest BCUT2D eigenvalue weighted by molar-refractivity contribution is 0.527. The average molecular weight is 356 g/mol. The molecule has 0 unspecified atom stereocenters. The van der Waals surface area contributed by atoms with Gasteiger partial charge in [0.1, 0.15) is 11.3 Å². The summed E-state index contributed by atoms with van der Waals surface area (Å²) in [5.41, 5.74) is 0.878. The van der Waals surface area contributed by atoms with E-state index in [0.29, 0.717) is 6.54 Å². The van der Waals surface area contributed by atoms with E-state index in [1.54, 1.807) is 12.5 Å². The first-order valence-corrected chi connectivity index (χ1v) is 6.64. The van der Waals surface area contributed by atoms with E-state index in [4.69, 9.17) is 4.42 Å². The van der Waals surface area contributed by atoms with Gasteiger partial charge < -0.3 is 8.98 Å². The number of imidazole rings is 1. The highest BCUT2D eigenvalue weighted by atomic mass is 79.9. The third-order valence-corrected chi connectivity index (χ3v) is 3.53. The van der Waals surface area contributed by atoms with Crippen LogP contribution >= 0.6 is 31.9 Å². The molecule has 0 saturated carbocycles. The zero-order chi connectivity index (χ0) is 11.8. The maximum Gasteiger partial charge on any atom is 0.148 e. The Kier molecular flexibility index (Phi) is 2.80. The SMILES string of the molecule is Brc1cc(Br)c2oc(Cn3ccnc3)cc2c1. The molecule has 1 aromatic carbocycles. The number of furan rings is 1. The van der Waals surface area contributed by atoms with Crippen LogP contribution in [0.15, 0.2) is 50.3 Å². The molecule has 5 heteroatoms.